The number of hydrogen-bond acceptors (Lipinski definition) is 4. The van der Waals surface area contributed by atoms with Crippen LogP contribution >= 0.6 is 11.8 Å². The molecular formula is C34H39N3O2S. The molecule has 0 aromatic heterocycles. The number of fused-ring (bicyclic) bond motifs is 1. The summed E-state index contributed by atoms with van der Waals surface area (Å²) >= 11 is 1.47. The van der Waals surface area contributed by atoms with Gasteiger partial charge < -0.3 is 10.2 Å². The molecule has 0 radical (unpaired) electrons. The summed E-state index contributed by atoms with van der Waals surface area (Å²) in [6, 6.07) is 25.1. The van der Waals surface area contributed by atoms with E-state index in [2.05, 4.69) is 43.1 Å². The number of rotatable bonds is 8. The Labute approximate surface area is 242 Å². The predicted molar refractivity (Wildman–Crippen MR) is 166 cm³/mol. The molecule has 0 spiro atoms. The van der Waals surface area contributed by atoms with Crippen LogP contribution in [0, 0.1) is 6.92 Å². The van der Waals surface area contributed by atoms with Gasteiger partial charge in [-0.2, -0.15) is 0 Å². The van der Waals surface area contributed by atoms with E-state index in [4.69, 9.17) is 0 Å². The molecule has 0 bridgehead atoms. The number of amides is 2. The maximum Gasteiger partial charge on any atom is 0.265 e. The quantitative estimate of drug-likeness (QED) is 0.240. The van der Waals surface area contributed by atoms with Gasteiger partial charge in [0.15, 0.2) is 0 Å². The Morgan fingerprint density at radius 2 is 1.77 bits per heavy atom. The first kappa shape index (κ1) is 28.2. The van der Waals surface area contributed by atoms with Crippen molar-refractivity contribution in [1.29, 1.82) is 0 Å². The van der Waals surface area contributed by atoms with Crippen molar-refractivity contribution < 1.29 is 9.59 Å². The van der Waals surface area contributed by atoms with E-state index >= 15 is 0 Å². The summed E-state index contributed by atoms with van der Waals surface area (Å²) in [5.74, 6) is -0.147. The zero-order valence-electron chi connectivity index (χ0n) is 23.7. The standard InChI is InChI=1S/C34H39N3O2S/c1-24-10-7-15-28(20-24)23-37-30-22-29(33(38)35-18-9-19-36-25(2)11-8-12-26(36)3)16-17-31(30)40-32(34(37)39)21-27-13-5-4-6-14-27/h4-7,10,13-17,20-22,25-26H,8-9,11-12,18-19,23H2,1-3H3,(H,35,38)/b32-21-/t25-,26+. The lowest BCUT2D eigenvalue weighted by atomic mass is 9.97. The Morgan fingerprint density at radius 1 is 1.00 bits per heavy atom. The van der Waals surface area contributed by atoms with E-state index < -0.39 is 0 Å². The Kier molecular flexibility index (Phi) is 9.08. The minimum absolute atomic E-state index is 0.0508. The Morgan fingerprint density at radius 3 is 2.52 bits per heavy atom. The fourth-order valence-electron chi connectivity index (χ4n) is 5.78. The van der Waals surface area contributed by atoms with Crippen LogP contribution < -0.4 is 10.2 Å². The SMILES string of the molecule is Cc1cccc(CN2C(=O)/C(=C/c3ccccc3)Sc3ccc(C(=O)NCCCN4[C@H](C)CCC[C@@H]4C)cc32)c1. The van der Waals surface area contributed by atoms with Gasteiger partial charge in [-0.25, -0.2) is 0 Å². The molecule has 2 aliphatic rings. The van der Waals surface area contributed by atoms with E-state index in [0.29, 0.717) is 35.6 Å². The highest BCUT2D eigenvalue weighted by molar-refractivity contribution is 8.04. The fraction of sp³-hybridized carbons (Fsp3) is 0.353. The second-order valence-electron chi connectivity index (χ2n) is 11.1. The number of anilines is 1. The number of likely N-dealkylation sites (tertiary alicyclic amines) is 1. The number of nitrogens with one attached hydrogen (secondary N) is 1. The van der Waals surface area contributed by atoms with Crippen LogP contribution in [0.15, 0.2) is 82.6 Å². The van der Waals surface area contributed by atoms with Crippen LogP contribution in [0.1, 0.15) is 66.6 Å². The molecule has 0 saturated carbocycles. The Bertz CT molecular complexity index is 1380. The van der Waals surface area contributed by atoms with Crippen molar-refractivity contribution in [2.45, 2.75) is 70.0 Å². The zero-order chi connectivity index (χ0) is 28.1. The molecule has 3 aromatic carbocycles. The van der Waals surface area contributed by atoms with Gasteiger partial charge in [-0.15, -0.1) is 0 Å². The van der Waals surface area contributed by atoms with E-state index in [1.165, 1.54) is 31.0 Å². The molecule has 5 rings (SSSR count). The minimum atomic E-state index is -0.0962. The highest BCUT2D eigenvalue weighted by Gasteiger charge is 2.30. The zero-order valence-corrected chi connectivity index (χ0v) is 24.5. The predicted octanol–water partition coefficient (Wildman–Crippen LogP) is 7.06. The topological polar surface area (TPSA) is 52.7 Å². The summed E-state index contributed by atoms with van der Waals surface area (Å²) in [5.41, 5.74) is 4.56. The van der Waals surface area contributed by atoms with E-state index in [1.54, 1.807) is 0 Å². The molecule has 208 valence electrons. The maximum atomic E-state index is 13.8. The van der Waals surface area contributed by atoms with Crippen molar-refractivity contribution in [1.82, 2.24) is 10.2 Å². The minimum Gasteiger partial charge on any atom is -0.352 e. The van der Waals surface area contributed by atoms with Gasteiger partial charge in [0.2, 0.25) is 0 Å². The third kappa shape index (κ3) is 6.68. The molecule has 2 atom stereocenters. The molecule has 1 N–H and O–H groups in total. The summed E-state index contributed by atoms with van der Waals surface area (Å²) in [6.07, 6.45) is 6.68. The Balaban J connectivity index is 1.34. The molecule has 2 heterocycles. The lowest BCUT2D eigenvalue weighted by molar-refractivity contribution is -0.114. The molecule has 1 fully saturated rings. The van der Waals surface area contributed by atoms with Crippen LogP contribution in [0.25, 0.3) is 6.08 Å². The normalized spacial score (nSPS) is 20.4. The van der Waals surface area contributed by atoms with Gasteiger partial charge in [0.05, 0.1) is 17.1 Å². The van der Waals surface area contributed by atoms with Gasteiger partial charge in [0, 0.05) is 35.6 Å². The van der Waals surface area contributed by atoms with E-state index in [-0.39, 0.29) is 11.8 Å². The largest absolute Gasteiger partial charge is 0.352 e. The number of piperidine rings is 1. The van der Waals surface area contributed by atoms with Crippen LogP contribution in [0.4, 0.5) is 5.69 Å². The molecule has 3 aromatic rings. The van der Waals surface area contributed by atoms with Gasteiger partial charge in [0.1, 0.15) is 0 Å². The first-order valence-corrected chi connectivity index (χ1v) is 15.2. The number of hydrogen-bond donors (Lipinski definition) is 1. The molecule has 1 saturated heterocycles. The summed E-state index contributed by atoms with van der Waals surface area (Å²) in [5, 5.41) is 3.11. The van der Waals surface area contributed by atoms with Gasteiger partial charge in [-0.3, -0.25) is 14.5 Å². The lowest BCUT2D eigenvalue weighted by Crippen LogP contribution is -2.44. The number of thioether (sulfide) groups is 1. The molecular weight excluding hydrogens is 514 g/mol. The second kappa shape index (κ2) is 12.9. The number of aryl methyl sites for hydroxylation is 1. The summed E-state index contributed by atoms with van der Waals surface area (Å²) in [6.45, 7) is 8.75. The van der Waals surface area contributed by atoms with Crippen molar-refractivity contribution in [3.8, 4) is 0 Å². The number of benzene rings is 3. The average molecular weight is 554 g/mol. The van der Waals surface area contributed by atoms with Crippen molar-refractivity contribution in [2.75, 3.05) is 18.0 Å². The van der Waals surface area contributed by atoms with Gasteiger partial charge >= 0.3 is 0 Å². The molecule has 0 aliphatic carbocycles. The lowest BCUT2D eigenvalue weighted by Gasteiger charge is -2.39. The van der Waals surface area contributed by atoms with Gasteiger partial charge in [0.25, 0.3) is 11.8 Å². The van der Waals surface area contributed by atoms with E-state index in [1.807, 2.05) is 71.6 Å². The maximum absolute atomic E-state index is 13.8. The van der Waals surface area contributed by atoms with E-state index in [9.17, 15) is 9.59 Å². The molecule has 2 amide bonds. The smallest absolute Gasteiger partial charge is 0.265 e. The van der Waals surface area contributed by atoms with Crippen molar-refractivity contribution >= 4 is 35.3 Å². The van der Waals surface area contributed by atoms with Crippen molar-refractivity contribution in [3.63, 3.8) is 0 Å². The molecule has 5 nitrogen and oxygen atoms in total. The first-order valence-electron chi connectivity index (χ1n) is 14.4. The molecule has 0 unspecified atom stereocenters. The molecule has 40 heavy (non-hydrogen) atoms. The summed E-state index contributed by atoms with van der Waals surface area (Å²) in [7, 11) is 0. The third-order valence-corrected chi connectivity index (χ3v) is 9.04. The third-order valence-electron chi connectivity index (χ3n) is 7.96. The number of carbonyl (C=O) groups is 2. The highest BCUT2D eigenvalue weighted by atomic mass is 32.2. The van der Waals surface area contributed by atoms with Crippen LogP contribution in [-0.2, 0) is 11.3 Å². The van der Waals surface area contributed by atoms with Crippen LogP contribution in [0.2, 0.25) is 0 Å². The second-order valence-corrected chi connectivity index (χ2v) is 12.1. The highest BCUT2D eigenvalue weighted by Crippen LogP contribution is 2.43. The van der Waals surface area contributed by atoms with Gasteiger partial charge in [-0.05, 0) is 75.4 Å². The van der Waals surface area contributed by atoms with Crippen LogP contribution in [0.5, 0.6) is 0 Å². The number of nitrogens with zero attached hydrogens (tertiary/aromatic N) is 2. The van der Waals surface area contributed by atoms with Crippen molar-refractivity contribution in [3.05, 3.63) is 100.0 Å². The van der Waals surface area contributed by atoms with Crippen LogP contribution in [0.3, 0.4) is 0 Å². The van der Waals surface area contributed by atoms with Crippen molar-refractivity contribution in [2.24, 2.45) is 0 Å². The molecule has 6 heteroatoms. The monoisotopic (exact) mass is 553 g/mol. The van der Waals surface area contributed by atoms with E-state index in [0.717, 1.165) is 40.2 Å². The van der Waals surface area contributed by atoms with Crippen LogP contribution in [-0.4, -0.2) is 41.9 Å². The summed E-state index contributed by atoms with van der Waals surface area (Å²) in [4.78, 5) is 33.0. The van der Waals surface area contributed by atoms with Gasteiger partial charge in [-0.1, -0.05) is 78.3 Å². The average Bonchev–Trinajstić information content (AvgIpc) is 2.95. The summed E-state index contributed by atoms with van der Waals surface area (Å²) < 4.78 is 0. The molecule has 2 aliphatic heterocycles. The first-order chi connectivity index (χ1) is 19.4. The Hall–Kier alpha value is -3.35. The fourth-order valence-corrected chi connectivity index (χ4v) is 6.82. The number of carbonyl (C=O) groups excluding carboxylic acids is 2.